The standard InChI is InChI=1S/C19H18N2O/c1-13(2)12-21-18(9-8-17(11-20)19(21)22)16-7-6-14-4-3-5-15(14)10-16/h6-10H,1,3-5,12H2,2H3. The van der Waals surface area contributed by atoms with Crippen molar-refractivity contribution in [1.29, 1.82) is 5.26 Å². The van der Waals surface area contributed by atoms with Gasteiger partial charge in [0.15, 0.2) is 0 Å². The highest BCUT2D eigenvalue weighted by Gasteiger charge is 2.14. The van der Waals surface area contributed by atoms with Crippen molar-refractivity contribution in [3.8, 4) is 17.3 Å². The van der Waals surface area contributed by atoms with Crippen LogP contribution in [0.4, 0.5) is 0 Å². The van der Waals surface area contributed by atoms with E-state index in [1.165, 1.54) is 17.5 Å². The monoisotopic (exact) mass is 290 g/mol. The van der Waals surface area contributed by atoms with Gasteiger partial charge in [-0.3, -0.25) is 4.79 Å². The molecule has 1 aliphatic rings. The Morgan fingerprint density at radius 1 is 1.27 bits per heavy atom. The maximum absolute atomic E-state index is 12.5. The van der Waals surface area contributed by atoms with Gasteiger partial charge in [0.05, 0.1) is 5.69 Å². The highest BCUT2D eigenvalue weighted by molar-refractivity contribution is 5.63. The molecule has 110 valence electrons. The van der Waals surface area contributed by atoms with Crippen LogP contribution in [-0.4, -0.2) is 4.57 Å². The van der Waals surface area contributed by atoms with E-state index in [4.69, 9.17) is 5.26 Å². The summed E-state index contributed by atoms with van der Waals surface area (Å²) in [6, 6.07) is 11.8. The average molecular weight is 290 g/mol. The Morgan fingerprint density at radius 3 is 2.77 bits per heavy atom. The lowest BCUT2D eigenvalue weighted by Crippen LogP contribution is -2.24. The SMILES string of the molecule is C=C(C)Cn1c(-c2ccc3c(c2)CCC3)ccc(C#N)c1=O. The van der Waals surface area contributed by atoms with Gasteiger partial charge in [0.2, 0.25) is 0 Å². The summed E-state index contributed by atoms with van der Waals surface area (Å²) in [5.74, 6) is 0. The largest absolute Gasteiger partial charge is 0.303 e. The summed E-state index contributed by atoms with van der Waals surface area (Å²) in [4.78, 5) is 12.5. The number of nitrogens with zero attached hydrogens (tertiary/aromatic N) is 2. The lowest BCUT2D eigenvalue weighted by Gasteiger charge is -2.14. The Balaban J connectivity index is 2.18. The average Bonchev–Trinajstić information content (AvgIpc) is 2.96. The number of hydrogen-bond acceptors (Lipinski definition) is 2. The minimum Gasteiger partial charge on any atom is -0.303 e. The molecule has 0 radical (unpaired) electrons. The van der Waals surface area contributed by atoms with Crippen molar-refractivity contribution in [2.24, 2.45) is 0 Å². The molecule has 22 heavy (non-hydrogen) atoms. The molecular weight excluding hydrogens is 272 g/mol. The highest BCUT2D eigenvalue weighted by Crippen LogP contribution is 2.28. The zero-order valence-corrected chi connectivity index (χ0v) is 12.7. The Hall–Kier alpha value is -2.60. The summed E-state index contributed by atoms with van der Waals surface area (Å²) in [7, 11) is 0. The molecule has 0 unspecified atom stereocenters. The predicted molar refractivity (Wildman–Crippen MR) is 87.7 cm³/mol. The fourth-order valence-corrected chi connectivity index (χ4v) is 3.07. The Bertz CT molecular complexity index is 853. The van der Waals surface area contributed by atoms with Gasteiger partial charge in [0, 0.05) is 6.54 Å². The molecule has 0 aliphatic heterocycles. The molecule has 0 N–H and O–H groups in total. The summed E-state index contributed by atoms with van der Waals surface area (Å²) < 4.78 is 1.65. The number of benzene rings is 1. The van der Waals surface area contributed by atoms with E-state index >= 15 is 0 Å². The van der Waals surface area contributed by atoms with E-state index in [0.717, 1.165) is 29.7 Å². The molecule has 0 spiro atoms. The molecule has 1 aromatic carbocycles. The first kappa shape index (κ1) is 14.3. The van der Waals surface area contributed by atoms with Crippen molar-refractivity contribution in [1.82, 2.24) is 4.57 Å². The van der Waals surface area contributed by atoms with Crippen LogP contribution in [0.1, 0.15) is 30.0 Å². The van der Waals surface area contributed by atoms with Crippen LogP contribution in [-0.2, 0) is 19.4 Å². The van der Waals surface area contributed by atoms with Gasteiger partial charge in [-0.25, -0.2) is 0 Å². The van der Waals surface area contributed by atoms with Crippen LogP contribution in [0.3, 0.4) is 0 Å². The quantitative estimate of drug-likeness (QED) is 0.813. The molecule has 1 aromatic heterocycles. The molecule has 1 aliphatic carbocycles. The number of allylic oxidation sites excluding steroid dienone is 1. The van der Waals surface area contributed by atoms with Crippen molar-refractivity contribution in [3.63, 3.8) is 0 Å². The van der Waals surface area contributed by atoms with Gasteiger partial charge in [-0.1, -0.05) is 24.3 Å². The van der Waals surface area contributed by atoms with Gasteiger partial charge < -0.3 is 4.57 Å². The number of hydrogen-bond donors (Lipinski definition) is 0. The van der Waals surface area contributed by atoms with E-state index < -0.39 is 0 Å². The maximum atomic E-state index is 12.5. The summed E-state index contributed by atoms with van der Waals surface area (Å²) in [5, 5.41) is 9.08. The van der Waals surface area contributed by atoms with Crippen LogP contribution in [0.25, 0.3) is 11.3 Å². The van der Waals surface area contributed by atoms with Crippen LogP contribution >= 0.6 is 0 Å². The zero-order chi connectivity index (χ0) is 15.7. The normalized spacial score (nSPS) is 12.7. The molecule has 3 rings (SSSR count). The molecular formula is C19H18N2O. The third kappa shape index (κ3) is 2.48. The number of rotatable bonds is 3. The van der Waals surface area contributed by atoms with Gasteiger partial charge in [-0.05, 0) is 61.1 Å². The smallest absolute Gasteiger partial charge is 0.269 e. The first-order valence-corrected chi connectivity index (χ1v) is 7.50. The van der Waals surface area contributed by atoms with Gasteiger partial charge in [-0.15, -0.1) is 0 Å². The van der Waals surface area contributed by atoms with E-state index in [1.54, 1.807) is 10.6 Å². The van der Waals surface area contributed by atoms with Gasteiger partial charge in [-0.2, -0.15) is 5.26 Å². The molecule has 1 heterocycles. The first-order chi connectivity index (χ1) is 10.6. The minimum atomic E-state index is -0.247. The summed E-state index contributed by atoms with van der Waals surface area (Å²) in [6.07, 6.45) is 3.44. The topological polar surface area (TPSA) is 45.8 Å². The maximum Gasteiger partial charge on any atom is 0.269 e. The van der Waals surface area contributed by atoms with Crippen LogP contribution in [0.2, 0.25) is 0 Å². The molecule has 2 aromatic rings. The number of nitriles is 1. The summed E-state index contributed by atoms with van der Waals surface area (Å²) in [5.41, 5.74) is 5.47. The Kier molecular flexibility index (Phi) is 3.68. The van der Waals surface area contributed by atoms with Gasteiger partial charge in [0.25, 0.3) is 5.56 Å². The molecule has 0 atom stereocenters. The van der Waals surface area contributed by atoms with Crippen LogP contribution in [0.15, 0.2) is 47.3 Å². The Morgan fingerprint density at radius 2 is 2.05 bits per heavy atom. The molecule has 3 heteroatoms. The van der Waals surface area contributed by atoms with E-state index in [9.17, 15) is 4.79 Å². The second-order valence-electron chi connectivity index (χ2n) is 5.93. The molecule has 0 saturated heterocycles. The second kappa shape index (κ2) is 5.65. The number of pyridine rings is 1. The molecule has 0 saturated carbocycles. The van der Waals surface area contributed by atoms with E-state index in [1.807, 2.05) is 19.1 Å². The van der Waals surface area contributed by atoms with E-state index in [0.29, 0.717) is 6.54 Å². The fraction of sp³-hybridized carbons (Fsp3) is 0.263. The minimum absolute atomic E-state index is 0.172. The summed E-state index contributed by atoms with van der Waals surface area (Å²) >= 11 is 0. The first-order valence-electron chi connectivity index (χ1n) is 7.50. The highest BCUT2D eigenvalue weighted by atomic mass is 16.1. The van der Waals surface area contributed by atoms with Crippen LogP contribution in [0.5, 0.6) is 0 Å². The zero-order valence-electron chi connectivity index (χ0n) is 12.7. The van der Waals surface area contributed by atoms with Crippen molar-refractivity contribution >= 4 is 0 Å². The van der Waals surface area contributed by atoms with Crippen molar-refractivity contribution in [2.45, 2.75) is 32.7 Å². The number of fused-ring (bicyclic) bond motifs is 1. The molecule has 3 nitrogen and oxygen atoms in total. The van der Waals surface area contributed by atoms with E-state index in [-0.39, 0.29) is 11.1 Å². The lowest BCUT2D eigenvalue weighted by molar-refractivity contribution is 0.755. The second-order valence-corrected chi connectivity index (χ2v) is 5.93. The molecule has 0 fully saturated rings. The summed E-state index contributed by atoms with van der Waals surface area (Å²) in [6.45, 7) is 6.22. The van der Waals surface area contributed by atoms with Crippen LogP contribution in [0, 0.1) is 11.3 Å². The van der Waals surface area contributed by atoms with Crippen LogP contribution < -0.4 is 5.56 Å². The van der Waals surface area contributed by atoms with Crippen molar-refractivity contribution in [2.75, 3.05) is 0 Å². The van der Waals surface area contributed by atoms with Gasteiger partial charge in [0.1, 0.15) is 11.6 Å². The third-order valence-corrected chi connectivity index (χ3v) is 4.12. The molecule has 0 amide bonds. The Labute approximate surface area is 130 Å². The third-order valence-electron chi connectivity index (χ3n) is 4.12. The lowest BCUT2D eigenvalue weighted by atomic mass is 10.0. The van der Waals surface area contributed by atoms with Gasteiger partial charge >= 0.3 is 0 Å². The number of aryl methyl sites for hydroxylation is 2. The fourth-order valence-electron chi connectivity index (χ4n) is 3.07. The molecule has 0 bridgehead atoms. The predicted octanol–water partition coefficient (Wildman–Crippen LogP) is 3.45. The van der Waals surface area contributed by atoms with Crippen molar-refractivity contribution in [3.05, 3.63) is 69.5 Å². The van der Waals surface area contributed by atoms with E-state index in [2.05, 4.69) is 24.8 Å². The van der Waals surface area contributed by atoms with Crippen molar-refractivity contribution < 1.29 is 0 Å². The number of aromatic nitrogens is 1.